The molecule has 0 aromatic carbocycles. The molecular weight excluding hydrogens is 260 g/mol. The van der Waals surface area contributed by atoms with Gasteiger partial charge in [0.15, 0.2) is 0 Å². The maximum atomic E-state index is 11.4. The molecule has 0 rings (SSSR count). The molecule has 0 bridgehead atoms. The van der Waals surface area contributed by atoms with Gasteiger partial charge < -0.3 is 10.1 Å². The summed E-state index contributed by atoms with van der Waals surface area (Å²) in [5.74, 6) is 0. The number of nitriles is 1. The second-order valence-electron chi connectivity index (χ2n) is 4.69. The Labute approximate surface area is 107 Å². The number of alkyl carbamates (subject to hydrolysis) is 1. The van der Waals surface area contributed by atoms with Crippen molar-refractivity contribution in [2.75, 3.05) is 12.9 Å². The fourth-order valence-electron chi connectivity index (χ4n) is 0.942. The van der Waals surface area contributed by atoms with Crippen molar-refractivity contribution in [1.82, 2.24) is 5.32 Å². The molecule has 7 nitrogen and oxygen atoms in total. The van der Waals surface area contributed by atoms with Gasteiger partial charge in [-0.15, -0.1) is 0 Å². The third-order valence-electron chi connectivity index (χ3n) is 1.54. The summed E-state index contributed by atoms with van der Waals surface area (Å²) in [6.07, 6.45) is 0.0958. The van der Waals surface area contributed by atoms with E-state index in [1.54, 1.807) is 20.8 Å². The van der Waals surface area contributed by atoms with E-state index in [2.05, 4.69) is 9.50 Å². The molecule has 0 aromatic rings. The minimum atomic E-state index is -3.61. The van der Waals surface area contributed by atoms with Crippen LogP contribution in [0.4, 0.5) is 4.79 Å². The highest BCUT2D eigenvalue weighted by Gasteiger charge is 2.20. The number of amides is 1. The summed E-state index contributed by atoms with van der Waals surface area (Å²) in [6.45, 7) is 4.78. The van der Waals surface area contributed by atoms with E-state index in [0.29, 0.717) is 0 Å². The van der Waals surface area contributed by atoms with Crippen molar-refractivity contribution in [3.05, 3.63) is 0 Å². The van der Waals surface area contributed by atoms with Crippen molar-refractivity contribution in [2.45, 2.75) is 38.8 Å². The predicted octanol–water partition coefficient (Wildman–Crippen LogP) is 0.770. The molecule has 0 fully saturated rings. The van der Waals surface area contributed by atoms with Crippen LogP contribution in [-0.2, 0) is 19.0 Å². The second kappa shape index (κ2) is 6.56. The van der Waals surface area contributed by atoms with Crippen LogP contribution in [0.25, 0.3) is 0 Å². The lowest BCUT2D eigenvalue weighted by atomic mass is 10.2. The fraction of sp³-hybridized carbons (Fsp3) is 0.800. The molecule has 8 heteroatoms. The first-order valence-electron chi connectivity index (χ1n) is 5.24. The lowest BCUT2D eigenvalue weighted by Crippen LogP contribution is -2.41. The first-order chi connectivity index (χ1) is 8.03. The fourth-order valence-corrected chi connectivity index (χ4v) is 1.35. The van der Waals surface area contributed by atoms with E-state index < -0.39 is 27.9 Å². The van der Waals surface area contributed by atoms with Gasteiger partial charge in [0.05, 0.1) is 31.4 Å². The Morgan fingerprint density at radius 2 is 2.00 bits per heavy atom. The van der Waals surface area contributed by atoms with Gasteiger partial charge in [-0.25, -0.2) is 4.79 Å². The van der Waals surface area contributed by atoms with E-state index in [9.17, 15) is 13.2 Å². The summed E-state index contributed by atoms with van der Waals surface area (Å²) in [6, 6.07) is 1.09. The Kier molecular flexibility index (Phi) is 6.08. The summed E-state index contributed by atoms with van der Waals surface area (Å²) in [5, 5.41) is 10.9. The number of carbonyl (C=O) groups excluding carboxylic acids is 1. The zero-order valence-corrected chi connectivity index (χ0v) is 11.7. The molecule has 0 aromatic heterocycles. The monoisotopic (exact) mass is 278 g/mol. The molecule has 0 spiro atoms. The third-order valence-corrected chi connectivity index (χ3v) is 2.11. The number of carbonyl (C=O) groups is 1. The number of hydrogen-bond acceptors (Lipinski definition) is 6. The van der Waals surface area contributed by atoms with E-state index in [4.69, 9.17) is 10.00 Å². The van der Waals surface area contributed by atoms with Crippen LogP contribution in [0.3, 0.4) is 0 Å². The number of nitrogens with one attached hydrogen (secondary N) is 1. The van der Waals surface area contributed by atoms with Crippen molar-refractivity contribution in [3.8, 4) is 6.07 Å². The summed E-state index contributed by atoms with van der Waals surface area (Å²) < 4.78 is 31.1. The van der Waals surface area contributed by atoms with Crippen LogP contribution in [0.1, 0.15) is 27.2 Å². The van der Waals surface area contributed by atoms with Gasteiger partial charge in [-0.2, -0.15) is 13.7 Å². The lowest BCUT2D eigenvalue weighted by Gasteiger charge is -2.22. The largest absolute Gasteiger partial charge is 0.444 e. The van der Waals surface area contributed by atoms with E-state index in [0.717, 1.165) is 6.26 Å². The Morgan fingerprint density at radius 3 is 2.39 bits per heavy atom. The number of rotatable bonds is 5. The molecule has 18 heavy (non-hydrogen) atoms. The number of nitrogens with zero attached hydrogens (tertiary/aromatic N) is 1. The SMILES string of the molecule is CC(C)(C)OC(=O)N[C@@H](CC#N)COS(C)(=O)=O. The molecule has 1 N–H and O–H groups in total. The first kappa shape index (κ1) is 16.7. The van der Waals surface area contributed by atoms with Crippen molar-refractivity contribution in [1.29, 1.82) is 5.26 Å². The molecule has 0 unspecified atom stereocenters. The van der Waals surface area contributed by atoms with Crippen LogP contribution >= 0.6 is 0 Å². The van der Waals surface area contributed by atoms with E-state index >= 15 is 0 Å². The molecule has 0 saturated carbocycles. The average molecular weight is 278 g/mol. The Hall–Kier alpha value is -1.33. The lowest BCUT2D eigenvalue weighted by molar-refractivity contribution is 0.0490. The molecule has 1 atom stereocenters. The zero-order chi connectivity index (χ0) is 14.4. The van der Waals surface area contributed by atoms with E-state index in [1.165, 1.54) is 0 Å². The van der Waals surface area contributed by atoms with Gasteiger partial charge in [-0.05, 0) is 20.8 Å². The standard InChI is InChI=1S/C10H18N2O5S/c1-10(2,3)17-9(13)12-8(5-6-11)7-16-18(4,14)15/h8H,5,7H2,1-4H3,(H,12,13)/t8-/m0/s1. The van der Waals surface area contributed by atoms with Gasteiger partial charge in [0.1, 0.15) is 5.60 Å². The first-order valence-corrected chi connectivity index (χ1v) is 7.06. The molecular formula is C10H18N2O5S. The molecule has 0 aliphatic rings. The average Bonchev–Trinajstić information content (AvgIpc) is 2.10. The van der Waals surface area contributed by atoms with Crippen LogP contribution in [0.2, 0.25) is 0 Å². The van der Waals surface area contributed by atoms with Gasteiger partial charge >= 0.3 is 6.09 Å². The molecule has 0 radical (unpaired) electrons. The van der Waals surface area contributed by atoms with Crippen molar-refractivity contribution in [2.24, 2.45) is 0 Å². The summed E-state index contributed by atoms with van der Waals surface area (Å²) in [7, 11) is -3.61. The third kappa shape index (κ3) is 9.86. The molecule has 0 saturated heterocycles. The van der Waals surface area contributed by atoms with Crippen molar-refractivity contribution < 1.29 is 22.1 Å². The normalized spacial score (nSPS) is 13.5. The Morgan fingerprint density at radius 1 is 1.44 bits per heavy atom. The van der Waals surface area contributed by atoms with Crippen molar-refractivity contribution in [3.63, 3.8) is 0 Å². The molecule has 0 heterocycles. The van der Waals surface area contributed by atoms with Gasteiger partial charge in [-0.1, -0.05) is 0 Å². The van der Waals surface area contributed by atoms with Gasteiger partial charge in [0.2, 0.25) is 0 Å². The quantitative estimate of drug-likeness (QED) is 0.744. The van der Waals surface area contributed by atoms with Crippen LogP contribution in [0.5, 0.6) is 0 Å². The van der Waals surface area contributed by atoms with Gasteiger partial charge in [0, 0.05) is 0 Å². The maximum absolute atomic E-state index is 11.4. The van der Waals surface area contributed by atoms with Crippen molar-refractivity contribution >= 4 is 16.2 Å². The van der Waals surface area contributed by atoms with Gasteiger partial charge in [0.25, 0.3) is 10.1 Å². The minimum absolute atomic E-state index is 0.0746. The van der Waals surface area contributed by atoms with Gasteiger partial charge in [-0.3, -0.25) is 4.18 Å². The van der Waals surface area contributed by atoms with Crippen LogP contribution in [-0.4, -0.2) is 39.0 Å². The number of hydrogen-bond donors (Lipinski definition) is 1. The molecule has 104 valence electrons. The molecule has 0 aliphatic heterocycles. The van der Waals surface area contributed by atoms with Crippen LogP contribution in [0.15, 0.2) is 0 Å². The number of ether oxygens (including phenoxy) is 1. The summed E-state index contributed by atoms with van der Waals surface area (Å²) in [4.78, 5) is 11.4. The van der Waals surface area contributed by atoms with Crippen LogP contribution in [0, 0.1) is 11.3 Å². The zero-order valence-electron chi connectivity index (χ0n) is 10.9. The minimum Gasteiger partial charge on any atom is -0.444 e. The molecule has 1 amide bonds. The summed E-state index contributed by atoms with van der Waals surface area (Å²) in [5.41, 5.74) is -0.668. The highest BCUT2D eigenvalue weighted by molar-refractivity contribution is 7.85. The molecule has 0 aliphatic carbocycles. The smallest absolute Gasteiger partial charge is 0.407 e. The Balaban J connectivity index is 4.37. The maximum Gasteiger partial charge on any atom is 0.407 e. The van der Waals surface area contributed by atoms with E-state index in [-0.39, 0.29) is 13.0 Å². The summed E-state index contributed by atoms with van der Waals surface area (Å²) >= 11 is 0. The van der Waals surface area contributed by atoms with E-state index in [1.807, 2.05) is 6.07 Å². The second-order valence-corrected chi connectivity index (χ2v) is 6.34. The highest BCUT2D eigenvalue weighted by atomic mass is 32.2. The van der Waals surface area contributed by atoms with Crippen LogP contribution < -0.4 is 5.32 Å². The topological polar surface area (TPSA) is 105 Å². The Bertz CT molecular complexity index is 419. The predicted molar refractivity (Wildman–Crippen MR) is 64.2 cm³/mol. The highest BCUT2D eigenvalue weighted by Crippen LogP contribution is 2.07.